The maximum Gasteiger partial charge on any atom is 0.420 e. The SMILES string of the molecule is [B]c1cc(-n2ccnn2)nc2c1ccn2C(=O)OC(C)(C)C. The van der Waals surface area contributed by atoms with E-state index < -0.39 is 11.7 Å². The number of rotatable bonds is 1. The Morgan fingerprint density at radius 3 is 2.73 bits per heavy atom. The van der Waals surface area contributed by atoms with Crippen molar-refractivity contribution in [2.45, 2.75) is 26.4 Å². The molecule has 0 spiro atoms. The van der Waals surface area contributed by atoms with E-state index in [0.29, 0.717) is 22.3 Å². The van der Waals surface area contributed by atoms with Crippen molar-refractivity contribution < 1.29 is 9.53 Å². The zero-order valence-corrected chi connectivity index (χ0v) is 12.5. The zero-order chi connectivity index (χ0) is 15.9. The van der Waals surface area contributed by atoms with Crippen LogP contribution in [0.3, 0.4) is 0 Å². The summed E-state index contributed by atoms with van der Waals surface area (Å²) < 4.78 is 8.17. The molecule has 0 saturated carbocycles. The van der Waals surface area contributed by atoms with E-state index in [0.717, 1.165) is 0 Å². The smallest absolute Gasteiger partial charge is 0.420 e. The van der Waals surface area contributed by atoms with E-state index in [9.17, 15) is 4.79 Å². The molecule has 22 heavy (non-hydrogen) atoms. The topological polar surface area (TPSA) is 74.8 Å². The van der Waals surface area contributed by atoms with Crippen LogP contribution in [0, 0.1) is 0 Å². The molecule has 0 N–H and O–H groups in total. The van der Waals surface area contributed by atoms with Crippen molar-refractivity contribution in [1.29, 1.82) is 0 Å². The van der Waals surface area contributed by atoms with Gasteiger partial charge in [0.2, 0.25) is 0 Å². The average Bonchev–Trinajstić information content (AvgIpc) is 3.05. The Kier molecular flexibility index (Phi) is 3.24. The molecule has 0 aromatic carbocycles. The minimum absolute atomic E-state index is 0.416. The fourth-order valence-electron chi connectivity index (χ4n) is 2.03. The molecule has 110 valence electrons. The second kappa shape index (κ2) is 4.97. The third-order valence-corrected chi connectivity index (χ3v) is 2.92. The molecule has 7 nitrogen and oxygen atoms in total. The highest BCUT2D eigenvalue weighted by molar-refractivity contribution is 6.38. The van der Waals surface area contributed by atoms with Crippen LogP contribution in [0.25, 0.3) is 16.9 Å². The van der Waals surface area contributed by atoms with Gasteiger partial charge in [0.05, 0.1) is 12.4 Å². The van der Waals surface area contributed by atoms with E-state index in [2.05, 4.69) is 15.3 Å². The number of aromatic nitrogens is 5. The largest absolute Gasteiger partial charge is 0.443 e. The van der Waals surface area contributed by atoms with E-state index in [1.165, 1.54) is 15.4 Å². The number of hydrogen-bond donors (Lipinski definition) is 0. The summed E-state index contributed by atoms with van der Waals surface area (Å²) in [6.45, 7) is 5.41. The van der Waals surface area contributed by atoms with Gasteiger partial charge >= 0.3 is 6.09 Å². The van der Waals surface area contributed by atoms with Crippen molar-refractivity contribution in [3.63, 3.8) is 0 Å². The number of ether oxygens (including phenoxy) is 1. The van der Waals surface area contributed by atoms with Gasteiger partial charge < -0.3 is 4.74 Å². The lowest BCUT2D eigenvalue weighted by Gasteiger charge is -2.19. The Bertz CT molecular complexity index is 833. The Balaban J connectivity index is 2.11. The predicted molar refractivity (Wildman–Crippen MR) is 81.7 cm³/mol. The average molecular weight is 295 g/mol. The lowest BCUT2D eigenvalue weighted by atomic mass is 9.94. The molecule has 3 rings (SSSR count). The van der Waals surface area contributed by atoms with Crippen LogP contribution in [0.5, 0.6) is 0 Å². The molecule has 0 atom stereocenters. The molecule has 0 aliphatic carbocycles. The number of carbonyl (C=O) groups excluding carboxylic acids is 1. The third kappa shape index (κ3) is 2.59. The first-order valence-electron chi connectivity index (χ1n) is 6.73. The fourth-order valence-corrected chi connectivity index (χ4v) is 2.03. The maximum absolute atomic E-state index is 12.3. The molecule has 3 aromatic heterocycles. The normalized spacial score (nSPS) is 11.8. The standard InChI is InChI=1S/C14H14BN5O2/c1-14(2,3)22-13(21)19-6-4-9-10(15)8-11(17-12(9)19)20-7-5-16-18-20/h4-8H,1-3H3. The second-order valence-electron chi connectivity index (χ2n) is 5.82. The van der Waals surface area contributed by atoms with Crippen LogP contribution >= 0.6 is 0 Å². The number of nitrogens with zero attached hydrogens (tertiary/aromatic N) is 5. The summed E-state index contributed by atoms with van der Waals surface area (Å²) in [5, 5.41) is 8.29. The van der Waals surface area contributed by atoms with Gasteiger partial charge in [-0.05, 0) is 32.9 Å². The molecule has 0 fully saturated rings. The highest BCUT2D eigenvalue weighted by Gasteiger charge is 2.20. The van der Waals surface area contributed by atoms with Crippen molar-refractivity contribution in [2.75, 3.05) is 0 Å². The van der Waals surface area contributed by atoms with Gasteiger partial charge in [-0.1, -0.05) is 10.7 Å². The highest BCUT2D eigenvalue weighted by Crippen LogP contribution is 2.16. The van der Waals surface area contributed by atoms with Crippen molar-refractivity contribution in [3.05, 3.63) is 30.7 Å². The Morgan fingerprint density at radius 2 is 2.09 bits per heavy atom. The van der Waals surface area contributed by atoms with Crippen LogP contribution in [0.15, 0.2) is 30.7 Å². The number of carbonyl (C=O) groups is 1. The Labute approximate surface area is 128 Å². The fraction of sp³-hybridized carbons (Fsp3) is 0.286. The van der Waals surface area contributed by atoms with Crippen LogP contribution in [-0.2, 0) is 4.74 Å². The molecule has 0 amide bonds. The summed E-state index contributed by atoms with van der Waals surface area (Å²) in [4.78, 5) is 16.7. The van der Waals surface area contributed by atoms with Gasteiger partial charge in [0.1, 0.15) is 13.4 Å². The van der Waals surface area contributed by atoms with Crippen LogP contribution in [0.1, 0.15) is 20.8 Å². The highest BCUT2D eigenvalue weighted by atomic mass is 16.6. The monoisotopic (exact) mass is 295 g/mol. The quantitative estimate of drug-likeness (QED) is 0.630. The first kappa shape index (κ1) is 14.3. The van der Waals surface area contributed by atoms with E-state index in [-0.39, 0.29) is 0 Å². The van der Waals surface area contributed by atoms with Gasteiger partial charge in [-0.15, -0.1) is 5.10 Å². The maximum atomic E-state index is 12.3. The van der Waals surface area contributed by atoms with Crippen molar-refractivity contribution in [1.82, 2.24) is 24.5 Å². The molecule has 0 bridgehead atoms. The molecule has 0 unspecified atom stereocenters. The van der Waals surface area contributed by atoms with Crippen LogP contribution in [-0.4, -0.2) is 44.1 Å². The molecule has 2 radical (unpaired) electrons. The minimum Gasteiger partial charge on any atom is -0.443 e. The number of pyridine rings is 1. The van der Waals surface area contributed by atoms with Gasteiger partial charge in [-0.25, -0.2) is 19.0 Å². The second-order valence-corrected chi connectivity index (χ2v) is 5.82. The van der Waals surface area contributed by atoms with E-state index >= 15 is 0 Å². The molecule has 0 aliphatic rings. The van der Waals surface area contributed by atoms with Gasteiger partial charge in [0, 0.05) is 11.6 Å². The lowest BCUT2D eigenvalue weighted by Crippen LogP contribution is -2.27. The molecule has 3 heterocycles. The predicted octanol–water partition coefficient (Wildman–Crippen LogP) is 1.19. The zero-order valence-electron chi connectivity index (χ0n) is 12.5. The van der Waals surface area contributed by atoms with Crippen LogP contribution in [0.2, 0.25) is 0 Å². The van der Waals surface area contributed by atoms with Crippen LogP contribution < -0.4 is 5.46 Å². The van der Waals surface area contributed by atoms with Crippen molar-refractivity contribution >= 4 is 30.4 Å². The van der Waals surface area contributed by atoms with Crippen molar-refractivity contribution in [3.8, 4) is 5.82 Å². The lowest BCUT2D eigenvalue weighted by molar-refractivity contribution is 0.0543. The summed E-state index contributed by atoms with van der Waals surface area (Å²) in [6.07, 6.45) is 4.27. The van der Waals surface area contributed by atoms with Gasteiger partial charge in [-0.3, -0.25) is 0 Å². The van der Waals surface area contributed by atoms with Gasteiger partial charge in [0.15, 0.2) is 11.5 Å². The molecular weight excluding hydrogens is 281 g/mol. The molecule has 0 aliphatic heterocycles. The van der Waals surface area contributed by atoms with E-state index in [1.54, 1.807) is 45.3 Å². The Hall–Kier alpha value is -2.64. The van der Waals surface area contributed by atoms with E-state index in [1.807, 2.05) is 0 Å². The summed E-state index contributed by atoms with van der Waals surface area (Å²) in [5.41, 5.74) is 0.320. The van der Waals surface area contributed by atoms with E-state index in [4.69, 9.17) is 12.6 Å². The first-order chi connectivity index (χ1) is 10.3. The third-order valence-electron chi connectivity index (χ3n) is 2.92. The summed E-state index contributed by atoms with van der Waals surface area (Å²) in [5.74, 6) is 0.478. The summed E-state index contributed by atoms with van der Waals surface area (Å²) in [7, 11) is 6.04. The molecule has 0 saturated heterocycles. The Morgan fingerprint density at radius 1 is 1.32 bits per heavy atom. The van der Waals surface area contributed by atoms with Crippen LogP contribution in [0.4, 0.5) is 4.79 Å². The van der Waals surface area contributed by atoms with Gasteiger partial charge in [0.25, 0.3) is 0 Å². The molecule has 3 aromatic rings. The number of hydrogen-bond acceptors (Lipinski definition) is 5. The minimum atomic E-state index is -0.595. The molecular formula is C14H14BN5O2. The van der Waals surface area contributed by atoms with Crippen molar-refractivity contribution in [2.24, 2.45) is 0 Å². The summed E-state index contributed by atoms with van der Waals surface area (Å²) in [6, 6.07) is 3.41. The summed E-state index contributed by atoms with van der Waals surface area (Å²) >= 11 is 0. The van der Waals surface area contributed by atoms with Gasteiger partial charge in [-0.2, -0.15) is 0 Å². The molecule has 8 heteroatoms. The first-order valence-corrected chi connectivity index (χ1v) is 6.73. The number of fused-ring (bicyclic) bond motifs is 1.